The quantitative estimate of drug-likeness (QED) is 0.0317. The molecule has 0 saturated heterocycles. The number of nitrogens with one attached hydrogen (secondary N) is 4. The number of aryl methyl sites for hydroxylation is 2. The number of hydrogen-bond acceptors (Lipinski definition) is 17. The lowest BCUT2D eigenvalue weighted by atomic mass is 9.71. The van der Waals surface area contributed by atoms with Crippen LogP contribution in [0.3, 0.4) is 0 Å². The van der Waals surface area contributed by atoms with Crippen LogP contribution >= 0.6 is 23.2 Å². The van der Waals surface area contributed by atoms with Gasteiger partial charge in [-0.15, -0.1) is 5.10 Å². The molecule has 8 N–H and O–H groups in total. The van der Waals surface area contributed by atoms with Gasteiger partial charge >= 0.3 is 0 Å². The number of rotatable bonds is 15. The van der Waals surface area contributed by atoms with Gasteiger partial charge in [0.2, 0.25) is 17.9 Å². The van der Waals surface area contributed by atoms with Gasteiger partial charge in [-0.05, 0) is 132 Å². The maximum absolute atomic E-state index is 12.9. The molecule has 76 heavy (non-hydrogen) atoms. The van der Waals surface area contributed by atoms with E-state index in [1.807, 2.05) is 38.1 Å². The van der Waals surface area contributed by atoms with Gasteiger partial charge in [-0.25, -0.2) is 26.8 Å². The molecule has 2 aromatic heterocycles. The molecule has 0 unspecified atom stereocenters. The molecule has 0 atom stereocenters. The first-order valence-electron chi connectivity index (χ1n) is 24.2. The van der Waals surface area contributed by atoms with Crippen LogP contribution in [0.2, 0.25) is 10.0 Å². The fourth-order valence-corrected chi connectivity index (χ4v) is 11.4. The zero-order valence-corrected chi connectivity index (χ0v) is 47.0. The molecule has 8 rings (SSSR count). The minimum atomic E-state index is -3.55. The number of nitrogens with two attached hydrogens (primary N) is 2. The second kappa shape index (κ2) is 22.6. The number of carbonyl (C=O) groups excluding carboxylic acids is 1. The molecule has 0 amide bonds. The smallest absolute Gasteiger partial charge is 0.229 e. The van der Waals surface area contributed by atoms with Gasteiger partial charge in [-0.3, -0.25) is 4.79 Å². The van der Waals surface area contributed by atoms with E-state index in [2.05, 4.69) is 65.3 Å². The van der Waals surface area contributed by atoms with Gasteiger partial charge < -0.3 is 42.2 Å². The Morgan fingerprint density at radius 2 is 1.04 bits per heavy atom. The van der Waals surface area contributed by atoms with E-state index in [9.17, 15) is 21.6 Å². The van der Waals surface area contributed by atoms with Crippen molar-refractivity contribution in [1.82, 2.24) is 19.9 Å². The van der Waals surface area contributed by atoms with Gasteiger partial charge in [-0.1, -0.05) is 61.3 Å². The van der Waals surface area contributed by atoms with E-state index in [0.29, 0.717) is 53.5 Å². The number of fused-ring (bicyclic) bond motifs is 2. The first-order valence-corrected chi connectivity index (χ1v) is 28.0. The van der Waals surface area contributed by atoms with Crippen molar-refractivity contribution >= 4 is 107 Å². The van der Waals surface area contributed by atoms with Crippen molar-refractivity contribution in [3.05, 3.63) is 117 Å². The highest BCUT2D eigenvalue weighted by Gasteiger charge is 2.37. The number of para-hydroxylation sites is 2. The summed E-state index contributed by atoms with van der Waals surface area (Å²) in [6.45, 7) is 14.5. The van der Waals surface area contributed by atoms with Crippen LogP contribution in [0.1, 0.15) is 90.5 Å². The number of nitrogens with zero attached hydrogens (tertiary/aromatic N) is 6. The standard InChI is InChI=1S/C27H33ClN8O3S.C26H29ClN4O4S/c1-15(2)40(37,38)22-9-7-6-8-19(22)32-24-18(28)14-31-26(34-24)33-20-13-17-16(12-21(20)39-5)10-11-23(27(17,3)4)35-36-25(29)30;1-15(2)36(33,34)22-9-7-6-8-19(22)29-24-18(27)14-28-25(31-24)30-20-13-17-16(12-21(20)35-5)10-11-23(32)26(17,3)4/h6-9,12-15H,10-11H2,1-5H3,(H4,29,30,36)(H2,31,32,33,34);6-9,12-15H,10-11H2,1-5H3,(H2,28,29,30,31)/b35-23+;. The molecule has 0 saturated carbocycles. The van der Waals surface area contributed by atoms with Gasteiger partial charge in [0.05, 0.1) is 75.4 Å². The Hall–Kier alpha value is -7.07. The summed E-state index contributed by atoms with van der Waals surface area (Å²) in [7, 11) is -3.93. The molecular formula is C53H62Cl2N12O7S2. The molecule has 0 aliphatic heterocycles. The Morgan fingerprint density at radius 1 is 0.618 bits per heavy atom. The number of ether oxygens (including phenoxy) is 2. The minimum absolute atomic E-state index is 0.0973. The molecule has 23 heteroatoms. The molecule has 4 aromatic carbocycles. The number of carbonyl (C=O) groups is 1. The number of halogens is 2. The number of sulfone groups is 2. The number of ketones is 1. The second-order valence-electron chi connectivity index (χ2n) is 19.6. The predicted molar refractivity (Wildman–Crippen MR) is 302 cm³/mol. The Kier molecular flexibility index (Phi) is 16.9. The molecule has 2 aliphatic carbocycles. The Morgan fingerprint density at radius 3 is 1.46 bits per heavy atom. The van der Waals surface area contributed by atoms with Gasteiger partial charge in [-0.2, -0.15) is 15.1 Å². The van der Waals surface area contributed by atoms with Crippen LogP contribution in [0.5, 0.6) is 11.5 Å². The van der Waals surface area contributed by atoms with E-state index in [4.69, 9.17) is 44.1 Å². The third-order valence-corrected chi connectivity index (χ3v) is 18.2. The van der Waals surface area contributed by atoms with E-state index < -0.39 is 41.0 Å². The summed E-state index contributed by atoms with van der Waals surface area (Å²) < 4.78 is 62.8. The van der Waals surface area contributed by atoms with Crippen molar-refractivity contribution in [2.24, 2.45) is 21.7 Å². The minimum Gasteiger partial charge on any atom is -0.495 e. The number of methoxy groups -OCH3 is 2. The number of benzene rings is 4. The van der Waals surface area contributed by atoms with Crippen LogP contribution in [-0.4, -0.2) is 78.9 Å². The lowest BCUT2D eigenvalue weighted by Crippen LogP contribution is -2.35. The first-order chi connectivity index (χ1) is 35.8. The highest BCUT2D eigenvalue weighted by molar-refractivity contribution is 7.92. The van der Waals surface area contributed by atoms with Crippen LogP contribution < -0.4 is 42.2 Å². The summed E-state index contributed by atoms with van der Waals surface area (Å²) in [5.41, 5.74) is 16.9. The van der Waals surface area contributed by atoms with Crippen LogP contribution in [-0.2, 0) is 48.1 Å². The number of aromatic nitrogens is 4. The number of guanidine groups is 1. The number of hydrogen-bond donors (Lipinski definition) is 6. The summed E-state index contributed by atoms with van der Waals surface area (Å²) in [4.78, 5) is 30.5. The molecule has 0 radical (unpaired) electrons. The second-order valence-corrected chi connectivity index (χ2v) is 25.4. The van der Waals surface area contributed by atoms with E-state index in [1.54, 1.807) is 90.4 Å². The highest BCUT2D eigenvalue weighted by atomic mass is 35.5. The van der Waals surface area contributed by atoms with Crippen molar-refractivity contribution in [3.63, 3.8) is 0 Å². The van der Waals surface area contributed by atoms with Crippen molar-refractivity contribution < 1.29 is 31.1 Å². The average Bonchev–Trinajstić information content (AvgIpc) is 3.37. The maximum atomic E-state index is 12.9. The van der Waals surface area contributed by atoms with Crippen LogP contribution in [0.4, 0.5) is 46.3 Å². The predicted octanol–water partition coefficient (Wildman–Crippen LogP) is 10.3. The number of Topliss-reactive ketones (excluding diaryl/α,β-unsaturated/α-hetero) is 1. The summed E-state index contributed by atoms with van der Waals surface area (Å²) >= 11 is 12.8. The summed E-state index contributed by atoms with van der Waals surface area (Å²) in [5.74, 6) is 2.25. The van der Waals surface area contributed by atoms with Crippen LogP contribution in [0, 0.1) is 0 Å². The van der Waals surface area contributed by atoms with E-state index >= 15 is 0 Å². The third kappa shape index (κ3) is 12.0. The normalized spacial score (nSPS) is 15.2. The zero-order chi connectivity index (χ0) is 55.5. The lowest BCUT2D eigenvalue weighted by molar-refractivity contribution is -0.124. The summed E-state index contributed by atoms with van der Waals surface area (Å²) in [6, 6.07) is 21.0. The average molecular weight is 1110 g/mol. The van der Waals surface area contributed by atoms with Gasteiger partial charge in [0.15, 0.2) is 31.3 Å². The van der Waals surface area contributed by atoms with E-state index in [1.165, 1.54) is 12.4 Å². The molecule has 6 aromatic rings. The van der Waals surface area contributed by atoms with E-state index in [-0.39, 0.29) is 55.1 Å². The molecule has 19 nitrogen and oxygen atoms in total. The number of anilines is 8. The van der Waals surface area contributed by atoms with Crippen LogP contribution in [0.25, 0.3) is 0 Å². The maximum Gasteiger partial charge on any atom is 0.229 e. The van der Waals surface area contributed by atoms with Crippen LogP contribution in [0.15, 0.2) is 105 Å². The summed E-state index contributed by atoms with van der Waals surface area (Å²) in [6.07, 6.45) is 5.48. The third-order valence-electron chi connectivity index (χ3n) is 13.3. The fourth-order valence-electron chi connectivity index (χ4n) is 8.75. The molecular weight excluding hydrogens is 1050 g/mol. The molecule has 0 bridgehead atoms. The first kappa shape index (κ1) is 56.7. The molecule has 2 aliphatic rings. The molecule has 0 spiro atoms. The van der Waals surface area contributed by atoms with Crippen molar-refractivity contribution in [3.8, 4) is 11.5 Å². The zero-order valence-electron chi connectivity index (χ0n) is 43.8. The van der Waals surface area contributed by atoms with Gasteiger partial charge in [0, 0.05) is 17.3 Å². The molecule has 2 heterocycles. The monoisotopic (exact) mass is 1110 g/mol. The Balaban J connectivity index is 0.000000222. The highest BCUT2D eigenvalue weighted by Crippen LogP contribution is 2.43. The van der Waals surface area contributed by atoms with Crippen molar-refractivity contribution in [2.45, 2.75) is 112 Å². The van der Waals surface area contributed by atoms with E-state index in [0.717, 1.165) is 34.4 Å². The van der Waals surface area contributed by atoms with Crippen molar-refractivity contribution in [2.75, 3.05) is 35.5 Å². The fraction of sp³-hybridized carbons (Fsp3) is 0.340. The SMILES string of the molecule is COc1cc2c(cc1Nc1ncc(Cl)c(Nc3ccccc3S(=O)(=O)C(C)C)n1)C(C)(C)/C(=N/N=C(N)N)CC2.COc1cc2c(cc1Nc1ncc(Cl)c(Nc3ccccc3S(=O)(=O)C(C)C)n1)C(C)(C)C(=O)CC2. The topological polar surface area (TPSA) is 280 Å². The Labute approximate surface area is 453 Å². The molecule has 0 fully saturated rings. The molecule has 402 valence electrons. The largest absolute Gasteiger partial charge is 0.495 e. The van der Waals surface area contributed by atoms with Crippen molar-refractivity contribution in [1.29, 1.82) is 0 Å². The van der Waals surface area contributed by atoms with Gasteiger partial charge in [0.25, 0.3) is 0 Å². The summed E-state index contributed by atoms with van der Waals surface area (Å²) in [5, 5.41) is 19.9. The van der Waals surface area contributed by atoms with Gasteiger partial charge in [0.1, 0.15) is 27.3 Å². The Bertz CT molecular complexity index is 3490. The lowest BCUT2D eigenvalue weighted by Gasteiger charge is -2.34.